The molecule has 18 heavy (non-hydrogen) atoms. The van der Waals surface area contributed by atoms with E-state index in [0.29, 0.717) is 12.3 Å². The average Bonchev–Trinajstić information content (AvgIpc) is 2.25. The molecular weight excluding hydrogens is 268 g/mol. The van der Waals surface area contributed by atoms with Crippen molar-refractivity contribution in [2.45, 2.75) is 4.90 Å². The second-order valence-electron chi connectivity index (χ2n) is 3.48. The van der Waals surface area contributed by atoms with Gasteiger partial charge >= 0.3 is 0 Å². The van der Waals surface area contributed by atoms with E-state index >= 15 is 0 Å². The van der Waals surface area contributed by atoms with Crippen LogP contribution in [0.1, 0.15) is 10.4 Å². The van der Waals surface area contributed by atoms with E-state index in [2.05, 4.69) is 4.74 Å². The molecule has 100 valence electrons. The maximum absolute atomic E-state index is 13.8. The predicted octanol–water partition coefficient (Wildman–Crippen LogP) is 0.518. The van der Waals surface area contributed by atoms with Gasteiger partial charge < -0.3 is 10.5 Å². The van der Waals surface area contributed by atoms with E-state index in [0.717, 1.165) is 7.11 Å². The third-order valence-electron chi connectivity index (χ3n) is 2.19. The number of Topliss-reactive ketones (excluding diaryl/α,β-unsaturated/α-hetero) is 1. The van der Waals surface area contributed by atoms with Crippen LogP contribution in [-0.2, 0) is 9.84 Å². The molecule has 0 atom stereocenters. The number of hydrogen-bond acceptors (Lipinski definition) is 5. The normalized spacial score (nSPS) is 11.4. The summed E-state index contributed by atoms with van der Waals surface area (Å²) >= 11 is 0. The van der Waals surface area contributed by atoms with Gasteiger partial charge in [0.1, 0.15) is 10.7 Å². The molecule has 8 heteroatoms. The van der Waals surface area contributed by atoms with Gasteiger partial charge in [0.25, 0.3) is 0 Å². The van der Waals surface area contributed by atoms with Gasteiger partial charge in [-0.2, -0.15) is 0 Å². The third-order valence-corrected chi connectivity index (χ3v) is 3.31. The van der Waals surface area contributed by atoms with Gasteiger partial charge in [0, 0.05) is 6.26 Å². The number of methoxy groups -OCH3 is 1. The predicted molar refractivity (Wildman–Crippen MR) is 59.4 cm³/mol. The highest BCUT2D eigenvalue weighted by Crippen LogP contribution is 2.31. The molecule has 0 aliphatic heterocycles. The molecule has 2 N–H and O–H groups in total. The third kappa shape index (κ3) is 2.49. The Morgan fingerprint density at radius 1 is 1.44 bits per heavy atom. The lowest BCUT2D eigenvalue weighted by Crippen LogP contribution is -2.17. The summed E-state index contributed by atoms with van der Waals surface area (Å²) in [7, 11) is -3.08. The fraction of sp³-hybridized carbons (Fsp3) is 0.300. The van der Waals surface area contributed by atoms with Crippen LogP contribution in [0.25, 0.3) is 0 Å². The van der Waals surface area contributed by atoms with Crippen LogP contribution in [0.4, 0.5) is 8.78 Å². The van der Waals surface area contributed by atoms with Crippen LogP contribution < -0.4 is 10.5 Å². The summed E-state index contributed by atoms with van der Waals surface area (Å²) in [6, 6.07) is 0.605. The van der Waals surface area contributed by atoms with Crippen LogP contribution in [0.15, 0.2) is 11.0 Å². The first kappa shape index (κ1) is 14.5. The molecule has 0 unspecified atom stereocenters. The lowest BCUT2D eigenvalue weighted by atomic mass is 10.1. The molecule has 0 aromatic heterocycles. The second-order valence-corrected chi connectivity index (χ2v) is 5.43. The first-order valence-electron chi connectivity index (χ1n) is 4.73. The van der Waals surface area contributed by atoms with E-state index in [-0.39, 0.29) is 0 Å². The number of ether oxygens (including phenoxy) is 1. The van der Waals surface area contributed by atoms with E-state index in [1.54, 1.807) is 0 Å². The van der Waals surface area contributed by atoms with Crippen molar-refractivity contribution in [3.8, 4) is 5.75 Å². The van der Waals surface area contributed by atoms with Crippen LogP contribution in [0, 0.1) is 11.6 Å². The standard InChI is InChI=1S/C10H11F2NO4S/c1-17-9-5(7(14)4-13)3-6(11)10(8(9)12)18(2,15)16/h3H,4,13H2,1-2H3. The summed E-state index contributed by atoms with van der Waals surface area (Å²) in [6.07, 6.45) is 0.651. The van der Waals surface area contributed by atoms with Gasteiger partial charge in [0.05, 0.1) is 19.2 Å². The molecule has 0 bridgehead atoms. The Bertz CT molecular complexity index is 598. The number of halogens is 2. The highest BCUT2D eigenvalue weighted by molar-refractivity contribution is 7.90. The fourth-order valence-electron chi connectivity index (χ4n) is 1.44. The smallest absolute Gasteiger partial charge is 0.187 e. The molecule has 0 spiro atoms. The van der Waals surface area contributed by atoms with E-state index in [9.17, 15) is 22.0 Å². The van der Waals surface area contributed by atoms with E-state index in [1.165, 1.54) is 0 Å². The van der Waals surface area contributed by atoms with Crippen molar-refractivity contribution in [1.29, 1.82) is 0 Å². The molecule has 0 radical (unpaired) electrons. The Balaban J connectivity index is 3.71. The van der Waals surface area contributed by atoms with Crippen molar-refractivity contribution >= 4 is 15.6 Å². The second kappa shape index (κ2) is 4.99. The van der Waals surface area contributed by atoms with Crippen molar-refractivity contribution in [3.05, 3.63) is 23.3 Å². The van der Waals surface area contributed by atoms with Gasteiger partial charge in [-0.15, -0.1) is 0 Å². The average molecular weight is 279 g/mol. The Hall–Kier alpha value is -1.54. The van der Waals surface area contributed by atoms with Crippen LogP contribution in [0.5, 0.6) is 5.75 Å². The molecule has 0 heterocycles. The van der Waals surface area contributed by atoms with Gasteiger partial charge in [-0.1, -0.05) is 0 Å². The maximum atomic E-state index is 13.8. The lowest BCUT2D eigenvalue weighted by molar-refractivity contribution is 0.0996. The summed E-state index contributed by atoms with van der Waals surface area (Å²) in [4.78, 5) is 10.2. The minimum Gasteiger partial charge on any atom is -0.493 e. The number of nitrogens with two attached hydrogens (primary N) is 1. The van der Waals surface area contributed by atoms with E-state index in [1.807, 2.05) is 0 Å². The zero-order valence-corrected chi connectivity index (χ0v) is 10.5. The Morgan fingerprint density at radius 2 is 2.00 bits per heavy atom. The zero-order chi connectivity index (χ0) is 14.1. The minimum atomic E-state index is -4.12. The molecule has 0 fully saturated rings. The largest absolute Gasteiger partial charge is 0.493 e. The van der Waals surface area contributed by atoms with Crippen molar-refractivity contribution in [2.24, 2.45) is 5.73 Å². The molecular formula is C10H11F2NO4S. The van der Waals surface area contributed by atoms with Gasteiger partial charge in [-0.05, 0) is 6.07 Å². The van der Waals surface area contributed by atoms with Crippen molar-refractivity contribution in [3.63, 3.8) is 0 Å². The van der Waals surface area contributed by atoms with Gasteiger partial charge in [-0.25, -0.2) is 17.2 Å². The number of carbonyl (C=O) groups is 1. The number of sulfone groups is 1. The fourth-order valence-corrected chi connectivity index (χ4v) is 2.27. The van der Waals surface area contributed by atoms with Crippen molar-refractivity contribution in [1.82, 2.24) is 0 Å². The Morgan fingerprint density at radius 3 is 2.39 bits per heavy atom. The molecule has 1 aromatic rings. The van der Waals surface area contributed by atoms with Gasteiger partial charge in [0.15, 0.2) is 27.2 Å². The molecule has 0 aliphatic rings. The molecule has 5 nitrogen and oxygen atoms in total. The summed E-state index contributed by atoms with van der Waals surface area (Å²) < 4.78 is 54.5. The van der Waals surface area contributed by atoms with Crippen molar-refractivity contribution in [2.75, 3.05) is 19.9 Å². The van der Waals surface area contributed by atoms with Gasteiger partial charge in [-0.3, -0.25) is 4.79 Å². The van der Waals surface area contributed by atoms with Crippen LogP contribution >= 0.6 is 0 Å². The summed E-state index contributed by atoms with van der Waals surface area (Å²) in [5, 5.41) is 0. The summed E-state index contributed by atoms with van der Waals surface area (Å²) in [5.74, 6) is -4.18. The SMILES string of the molecule is COc1c(C(=O)CN)cc(F)c(S(C)(=O)=O)c1F. The minimum absolute atomic E-state index is 0.428. The molecule has 0 amide bonds. The molecule has 1 rings (SSSR count). The van der Waals surface area contributed by atoms with Crippen LogP contribution in [0.2, 0.25) is 0 Å². The first-order valence-corrected chi connectivity index (χ1v) is 6.62. The molecule has 0 saturated carbocycles. The van der Waals surface area contributed by atoms with E-state index in [4.69, 9.17) is 5.73 Å². The number of hydrogen-bond donors (Lipinski definition) is 1. The Labute approximate surface area is 102 Å². The number of ketones is 1. The number of carbonyl (C=O) groups excluding carboxylic acids is 1. The summed E-state index contributed by atoms with van der Waals surface area (Å²) in [6.45, 7) is -0.479. The van der Waals surface area contributed by atoms with Crippen LogP contribution in [-0.4, -0.2) is 34.1 Å². The topological polar surface area (TPSA) is 86.5 Å². The quantitative estimate of drug-likeness (QED) is 0.812. The lowest BCUT2D eigenvalue weighted by Gasteiger charge is -2.11. The van der Waals surface area contributed by atoms with E-state index < -0.39 is 50.0 Å². The summed E-state index contributed by atoms with van der Waals surface area (Å²) in [5.41, 5.74) is 4.66. The zero-order valence-electron chi connectivity index (χ0n) is 9.66. The van der Waals surface area contributed by atoms with Crippen molar-refractivity contribution < 1.29 is 26.7 Å². The van der Waals surface area contributed by atoms with Crippen LogP contribution in [0.3, 0.4) is 0 Å². The molecule has 0 aliphatic carbocycles. The highest BCUT2D eigenvalue weighted by Gasteiger charge is 2.27. The molecule has 1 aromatic carbocycles. The molecule has 0 saturated heterocycles. The highest BCUT2D eigenvalue weighted by atomic mass is 32.2. The number of benzene rings is 1. The maximum Gasteiger partial charge on any atom is 0.187 e. The number of rotatable bonds is 4. The van der Waals surface area contributed by atoms with Gasteiger partial charge in [0.2, 0.25) is 0 Å². The Kier molecular flexibility index (Phi) is 4.02. The monoisotopic (exact) mass is 279 g/mol. The first-order chi connectivity index (χ1) is 8.23.